The maximum absolute atomic E-state index is 12.2. The quantitative estimate of drug-likeness (QED) is 0.521. The number of hydrogen-bond acceptors (Lipinski definition) is 6. The van der Waals surface area contributed by atoms with Gasteiger partial charge in [-0.1, -0.05) is 18.2 Å². The van der Waals surface area contributed by atoms with Crippen LogP contribution in [-0.4, -0.2) is 25.9 Å². The van der Waals surface area contributed by atoms with E-state index in [4.69, 9.17) is 4.74 Å². The van der Waals surface area contributed by atoms with Crippen molar-refractivity contribution in [3.8, 4) is 5.75 Å². The van der Waals surface area contributed by atoms with Gasteiger partial charge in [-0.2, -0.15) is 0 Å². The average Bonchev–Trinajstić information content (AvgIpc) is 2.60. The third-order valence-corrected chi connectivity index (χ3v) is 4.85. The molecule has 2 N–H and O–H groups in total. The van der Waals surface area contributed by atoms with Crippen molar-refractivity contribution < 1.29 is 22.9 Å². The zero-order valence-corrected chi connectivity index (χ0v) is 15.6. The highest BCUT2D eigenvalue weighted by Crippen LogP contribution is 2.21. The van der Waals surface area contributed by atoms with Gasteiger partial charge in [-0.25, -0.2) is 8.42 Å². The summed E-state index contributed by atoms with van der Waals surface area (Å²) < 4.78 is 29.8. The number of nitro groups is 1. The zero-order chi connectivity index (χ0) is 20.0. The molecule has 0 unspecified atom stereocenters. The second-order valence-electron chi connectivity index (χ2n) is 5.77. The number of carbonyl (C=O) groups excluding carboxylic acids is 1. The minimum atomic E-state index is -4.14. The monoisotopic (exact) mass is 393 g/mol. The Hall–Kier alpha value is -2.98. The van der Waals surface area contributed by atoms with Gasteiger partial charge >= 0.3 is 0 Å². The fourth-order valence-electron chi connectivity index (χ4n) is 2.17. The number of nitro benzene ring substituents is 1. The molecular weight excluding hydrogens is 374 g/mol. The number of nitrogens with zero attached hydrogens (tertiary/aromatic N) is 1. The molecule has 0 atom stereocenters. The first kappa shape index (κ1) is 20.3. The van der Waals surface area contributed by atoms with Crippen molar-refractivity contribution in [2.75, 3.05) is 6.61 Å². The number of rotatable bonds is 8. The standard InChI is InChI=1S/C17H19N3O6S/c1-12-4-3-5-14(10-12)26-9-8-17(21)18-19-27(24,25)15-7-6-13(2)16(11-15)20(22)23/h3-7,10-11,19H,8-9H2,1-2H3,(H,18,21). The highest BCUT2D eigenvalue weighted by atomic mass is 32.2. The lowest BCUT2D eigenvalue weighted by atomic mass is 10.2. The molecular formula is C17H19N3O6S. The van der Waals surface area contributed by atoms with Crippen LogP contribution in [0.25, 0.3) is 0 Å². The van der Waals surface area contributed by atoms with Gasteiger partial charge in [-0.15, -0.1) is 4.83 Å². The number of sulfonamides is 1. The Balaban J connectivity index is 1.90. The first-order chi connectivity index (χ1) is 12.7. The number of aryl methyl sites for hydroxylation is 2. The largest absolute Gasteiger partial charge is 0.493 e. The van der Waals surface area contributed by atoms with Crippen LogP contribution >= 0.6 is 0 Å². The van der Waals surface area contributed by atoms with Crippen molar-refractivity contribution in [3.05, 3.63) is 63.7 Å². The molecule has 0 heterocycles. The molecule has 0 aliphatic carbocycles. The lowest BCUT2D eigenvalue weighted by Gasteiger charge is -2.10. The summed E-state index contributed by atoms with van der Waals surface area (Å²) in [6, 6.07) is 10.8. The summed E-state index contributed by atoms with van der Waals surface area (Å²) in [5.74, 6) is 0.00295. The summed E-state index contributed by atoms with van der Waals surface area (Å²) in [6.45, 7) is 3.47. The van der Waals surface area contributed by atoms with Crippen LogP contribution in [0.2, 0.25) is 0 Å². The molecule has 2 aromatic rings. The summed E-state index contributed by atoms with van der Waals surface area (Å²) in [7, 11) is -4.14. The van der Waals surface area contributed by atoms with Gasteiger partial charge in [0.05, 0.1) is 22.8 Å². The van der Waals surface area contributed by atoms with Gasteiger partial charge < -0.3 is 4.74 Å². The smallest absolute Gasteiger partial charge is 0.273 e. The Morgan fingerprint density at radius 2 is 1.93 bits per heavy atom. The van der Waals surface area contributed by atoms with Gasteiger partial charge in [-0.05, 0) is 37.6 Å². The predicted molar refractivity (Wildman–Crippen MR) is 97.6 cm³/mol. The maximum atomic E-state index is 12.2. The number of nitrogens with one attached hydrogen (secondary N) is 2. The van der Waals surface area contributed by atoms with Crippen molar-refractivity contribution in [3.63, 3.8) is 0 Å². The van der Waals surface area contributed by atoms with Crippen LogP contribution in [0.3, 0.4) is 0 Å². The van der Waals surface area contributed by atoms with E-state index in [9.17, 15) is 23.3 Å². The molecule has 0 saturated carbocycles. The van der Waals surface area contributed by atoms with E-state index in [1.807, 2.05) is 30.0 Å². The first-order valence-corrected chi connectivity index (χ1v) is 9.42. The molecule has 0 spiro atoms. The van der Waals surface area contributed by atoms with Gasteiger partial charge in [-0.3, -0.25) is 20.3 Å². The Kier molecular flexibility index (Phi) is 6.48. The van der Waals surface area contributed by atoms with Gasteiger partial charge in [0, 0.05) is 11.6 Å². The van der Waals surface area contributed by atoms with Crippen LogP contribution in [-0.2, 0) is 14.8 Å². The summed E-state index contributed by atoms with van der Waals surface area (Å²) in [6.07, 6.45) is -0.0789. The van der Waals surface area contributed by atoms with E-state index in [-0.39, 0.29) is 23.6 Å². The summed E-state index contributed by atoms with van der Waals surface area (Å²) in [5.41, 5.74) is 3.07. The average molecular weight is 393 g/mol. The van der Waals surface area contributed by atoms with Crippen LogP contribution in [0, 0.1) is 24.0 Å². The van der Waals surface area contributed by atoms with Crippen molar-refractivity contribution >= 4 is 21.6 Å². The topological polar surface area (TPSA) is 128 Å². The molecule has 0 aromatic heterocycles. The molecule has 0 fully saturated rings. The number of amides is 1. The molecule has 0 saturated heterocycles. The normalized spacial score (nSPS) is 11.0. The molecule has 0 aliphatic heterocycles. The number of hydrogen-bond donors (Lipinski definition) is 2. The lowest BCUT2D eigenvalue weighted by molar-refractivity contribution is -0.385. The third-order valence-electron chi connectivity index (χ3n) is 3.60. The number of carbonyl (C=O) groups is 1. The van der Waals surface area contributed by atoms with Crippen molar-refractivity contribution in [1.29, 1.82) is 0 Å². The molecule has 10 heteroatoms. The fourth-order valence-corrected chi connectivity index (χ4v) is 3.05. The van der Waals surface area contributed by atoms with Crippen molar-refractivity contribution in [2.45, 2.75) is 25.2 Å². The molecule has 0 bridgehead atoms. The fraction of sp³-hybridized carbons (Fsp3) is 0.235. The Bertz CT molecular complexity index is 959. The van der Waals surface area contributed by atoms with Gasteiger partial charge in [0.2, 0.25) is 5.91 Å². The zero-order valence-electron chi connectivity index (χ0n) is 14.8. The molecule has 9 nitrogen and oxygen atoms in total. The van der Waals surface area contributed by atoms with E-state index in [0.29, 0.717) is 11.3 Å². The minimum absolute atomic E-state index is 0.0625. The van der Waals surface area contributed by atoms with Gasteiger partial charge in [0.15, 0.2) is 0 Å². The predicted octanol–water partition coefficient (Wildman–Crippen LogP) is 1.99. The maximum Gasteiger partial charge on any atom is 0.273 e. The van der Waals surface area contributed by atoms with E-state index in [2.05, 4.69) is 5.43 Å². The highest BCUT2D eigenvalue weighted by molar-refractivity contribution is 7.89. The Labute approximate surface area is 156 Å². The molecule has 2 rings (SSSR count). The molecule has 27 heavy (non-hydrogen) atoms. The summed E-state index contributed by atoms with van der Waals surface area (Å²) in [4.78, 5) is 23.6. The van der Waals surface area contributed by atoms with Crippen LogP contribution < -0.4 is 15.0 Å². The van der Waals surface area contributed by atoms with E-state index < -0.39 is 20.9 Å². The van der Waals surface area contributed by atoms with Gasteiger partial charge in [0.1, 0.15) is 5.75 Å². The third kappa shape index (κ3) is 5.76. The molecule has 0 aliphatic rings. The van der Waals surface area contributed by atoms with E-state index in [1.54, 1.807) is 6.07 Å². The summed E-state index contributed by atoms with van der Waals surface area (Å²) >= 11 is 0. The van der Waals surface area contributed by atoms with Crippen LogP contribution in [0.5, 0.6) is 5.75 Å². The molecule has 2 aromatic carbocycles. The minimum Gasteiger partial charge on any atom is -0.493 e. The molecule has 0 radical (unpaired) electrons. The number of benzene rings is 2. The second-order valence-corrected chi connectivity index (χ2v) is 7.46. The molecule has 1 amide bonds. The first-order valence-electron chi connectivity index (χ1n) is 7.94. The molecule has 144 valence electrons. The van der Waals surface area contributed by atoms with Crippen LogP contribution in [0.4, 0.5) is 5.69 Å². The van der Waals surface area contributed by atoms with Crippen LogP contribution in [0.1, 0.15) is 17.5 Å². The van der Waals surface area contributed by atoms with Crippen LogP contribution in [0.15, 0.2) is 47.4 Å². The second kappa shape index (κ2) is 8.60. The highest BCUT2D eigenvalue weighted by Gasteiger charge is 2.20. The van der Waals surface area contributed by atoms with E-state index in [0.717, 1.165) is 11.6 Å². The number of hydrazine groups is 1. The SMILES string of the molecule is Cc1cccc(OCCC(=O)NNS(=O)(=O)c2ccc(C)c([N+](=O)[O-])c2)c1. The number of ether oxygens (including phenoxy) is 1. The van der Waals surface area contributed by atoms with E-state index >= 15 is 0 Å². The van der Waals surface area contributed by atoms with Crippen molar-refractivity contribution in [1.82, 2.24) is 10.3 Å². The summed E-state index contributed by atoms with van der Waals surface area (Å²) in [5, 5.41) is 10.9. The van der Waals surface area contributed by atoms with Crippen molar-refractivity contribution in [2.24, 2.45) is 0 Å². The Morgan fingerprint density at radius 1 is 1.19 bits per heavy atom. The van der Waals surface area contributed by atoms with Gasteiger partial charge in [0.25, 0.3) is 15.7 Å². The Morgan fingerprint density at radius 3 is 2.59 bits per heavy atom. The lowest BCUT2D eigenvalue weighted by Crippen LogP contribution is -2.42. The van der Waals surface area contributed by atoms with E-state index in [1.165, 1.54) is 19.1 Å².